The second-order valence-corrected chi connectivity index (χ2v) is 19.8. The molecule has 13 nitrogen and oxygen atoms in total. The predicted octanol–water partition coefficient (Wildman–Crippen LogP) is 7.23. The van der Waals surface area contributed by atoms with E-state index in [1.54, 1.807) is 7.11 Å². The highest BCUT2D eigenvalue weighted by molar-refractivity contribution is 7.60. The predicted molar refractivity (Wildman–Crippen MR) is 307 cm³/mol. The molecule has 0 spiro atoms. The van der Waals surface area contributed by atoms with E-state index in [4.69, 9.17) is 24.2 Å². The average molecular weight is 1090 g/mol. The van der Waals surface area contributed by atoms with Crippen LogP contribution in [0.15, 0.2) is 35.8 Å². The fourth-order valence-electron chi connectivity index (χ4n) is 10.1. The molecule has 2 amide bonds. The van der Waals surface area contributed by atoms with Gasteiger partial charge in [-0.2, -0.15) is 94.5 Å². The van der Waals surface area contributed by atoms with Crippen LogP contribution >= 0.6 is 106 Å². The zero-order valence-corrected chi connectivity index (χ0v) is 47.8. The molecule has 3 aromatic heterocycles. The summed E-state index contributed by atoms with van der Waals surface area (Å²) in [7, 11) is 1.74. The summed E-state index contributed by atoms with van der Waals surface area (Å²) in [6.07, 6.45) is 6.80. The monoisotopic (exact) mass is 1090 g/mol. The Morgan fingerprint density at radius 3 is 2.50 bits per heavy atom. The lowest BCUT2D eigenvalue weighted by atomic mass is 9.82. The number of pyridine rings is 1. The molecule has 4 aromatic rings. The Kier molecular flexibility index (Phi) is 24.1. The second-order valence-electron chi connectivity index (χ2n) is 18.8. The van der Waals surface area contributed by atoms with Crippen molar-refractivity contribution < 1.29 is 28.6 Å². The van der Waals surface area contributed by atoms with Gasteiger partial charge in [-0.05, 0) is 100 Å². The number of esters is 1. The van der Waals surface area contributed by atoms with Gasteiger partial charge in [-0.3, -0.25) is 29.3 Å². The number of amides is 2. The maximum atomic E-state index is 14.2. The number of thiazole rings is 1. The highest BCUT2D eigenvalue weighted by Gasteiger charge is 2.42. The first-order valence-electron chi connectivity index (χ1n) is 22.4. The lowest BCUT2D eigenvalue weighted by molar-refractivity contribution is -0.155. The fourth-order valence-corrected chi connectivity index (χ4v) is 10.9. The van der Waals surface area contributed by atoms with Crippen LogP contribution in [-0.2, 0) is 48.0 Å². The number of ether oxygens (including phenoxy) is 3. The Morgan fingerprint density at radius 2 is 1.79 bits per heavy atom. The number of piperidine rings is 1. The summed E-state index contributed by atoms with van der Waals surface area (Å²) < 4.78 is 20.5. The molecule has 4 fully saturated rings. The number of morpholine rings is 1. The Hall–Kier alpha value is -1.76. The Bertz CT molecular complexity index is 2330. The topological polar surface area (TPSA) is 140 Å². The Balaban J connectivity index is 0.00000227. The van der Waals surface area contributed by atoms with Crippen LogP contribution in [0.3, 0.4) is 0 Å². The lowest BCUT2D eigenvalue weighted by Crippen LogP contribution is -2.60. The number of rotatable bonds is 7. The molecule has 6 bridgehead atoms. The largest absolute Gasteiger partial charge is 0.464 e. The molecule has 5 aliphatic rings. The first kappa shape index (κ1) is 62.4. The number of hydrogen-bond acceptors (Lipinski definition) is 11. The molecule has 382 valence electrons. The van der Waals surface area contributed by atoms with Crippen molar-refractivity contribution in [2.75, 3.05) is 46.6 Å². The maximum absolute atomic E-state index is 14.2. The zero-order chi connectivity index (χ0) is 42.6. The molecule has 21 heteroatoms. The summed E-state index contributed by atoms with van der Waals surface area (Å²) in [6.45, 7) is 15.6. The van der Waals surface area contributed by atoms with Crippen LogP contribution in [0, 0.1) is 17.3 Å². The van der Waals surface area contributed by atoms with E-state index < -0.39 is 17.5 Å². The summed E-state index contributed by atoms with van der Waals surface area (Å²) >= 11 is 1.50. The van der Waals surface area contributed by atoms with E-state index in [0.29, 0.717) is 43.7 Å². The van der Waals surface area contributed by atoms with Gasteiger partial charge in [-0.25, -0.2) is 10.4 Å². The number of nitrogens with zero attached hydrogens (tertiary/aromatic N) is 5. The zero-order valence-electron chi connectivity index (χ0n) is 40.0. The molecule has 1 saturated carbocycles. The van der Waals surface area contributed by atoms with Gasteiger partial charge in [0.25, 0.3) is 5.91 Å². The third-order valence-corrected chi connectivity index (χ3v) is 14.7. The minimum absolute atomic E-state index is 0. The van der Waals surface area contributed by atoms with Crippen molar-refractivity contribution in [2.45, 2.75) is 116 Å². The number of hydrazine groups is 1. The van der Waals surface area contributed by atoms with Crippen LogP contribution in [-0.4, -0.2) is 107 Å². The first-order chi connectivity index (χ1) is 29.4. The molecule has 68 heavy (non-hydrogen) atoms. The molecule has 7 heterocycles. The van der Waals surface area contributed by atoms with Crippen LogP contribution in [0.5, 0.6) is 0 Å². The highest BCUT2D eigenvalue weighted by Crippen LogP contribution is 2.44. The maximum Gasteiger partial charge on any atom is 0.324 e. The SMILES string of the molecule is CCn1c(-c2cc([C@@H]3CCN4CCOC[C@@H]4C3)cnc2[C@H](C)OC)c2c3cc(ccc31)-c1csc(n1)C[C@H](NC(=O)[C@H]1C[C@@H]1C)C(=O)N1CCC[C@H](N1)C(=O)OCC(C)(C)C2.S.S.S.S.S.S.S. The van der Waals surface area contributed by atoms with E-state index >= 15 is 0 Å². The van der Waals surface area contributed by atoms with Crippen LogP contribution < -0.4 is 10.7 Å². The fraction of sp³-hybridized carbons (Fsp3) is 0.596. The number of hydrogen-bond donors (Lipinski definition) is 2. The minimum atomic E-state index is -0.828. The summed E-state index contributed by atoms with van der Waals surface area (Å²) in [4.78, 5) is 54.2. The molecular weight excluding hydrogens is 1020 g/mol. The Morgan fingerprint density at radius 1 is 1.04 bits per heavy atom. The van der Waals surface area contributed by atoms with Gasteiger partial charge in [0.15, 0.2) is 0 Å². The number of aromatic nitrogens is 3. The minimum Gasteiger partial charge on any atom is -0.464 e. The molecule has 0 radical (unpaired) electrons. The standard InChI is InChI=1S/C47H61N7O6S.7H2S/c1-7-53-40-11-10-30-19-34(40)36(43(53)35-20-31(23-48-42(35)28(3)58-6)29-12-14-52-15-16-59-24-32(52)18-29)22-47(4,5)26-60-46(57)37-9-8-13-54(51-37)45(56)38(21-41-49-39(30)25-61-41)50-44(55)33-17-27(33)2;;;;;;;/h10-11,19-20,23,25,27-29,32-33,37-38,51H,7-9,12-18,21-22,24,26H2,1-6H3,(H,50,55);7*1H2/t27-,28-,29+,32-,33-,37-,38-;;;;;;;/m0......./s1. The van der Waals surface area contributed by atoms with Gasteiger partial charge in [0, 0.05) is 84.1 Å². The van der Waals surface area contributed by atoms with Crippen LogP contribution in [0.1, 0.15) is 101 Å². The summed E-state index contributed by atoms with van der Waals surface area (Å²) in [5.74, 6) is -0.198. The quantitative estimate of drug-likeness (QED) is 0.183. The Labute approximate surface area is 455 Å². The summed E-state index contributed by atoms with van der Waals surface area (Å²) in [5, 5.41) is 8.49. The van der Waals surface area contributed by atoms with Crippen molar-refractivity contribution in [1.29, 1.82) is 0 Å². The van der Waals surface area contributed by atoms with E-state index in [1.807, 2.05) is 0 Å². The van der Waals surface area contributed by atoms with Gasteiger partial charge in [0.1, 0.15) is 12.1 Å². The van der Waals surface area contributed by atoms with Crippen molar-refractivity contribution in [3.63, 3.8) is 0 Å². The normalized spacial score (nSPS) is 24.7. The van der Waals surface area contributed by atoms with Gasteiger partial charge in [-0.1, -0.05) is 26.8 Å². The van der Waals surface area contributed by atoms with E-state index in [2.05, 4.69) is 90.7 Å². The van der Waals surface area contributed by atoms with E-state index in [0.717, 1.165) is 96.2 Å². The van der Waals surface area contributed by atoms with E-state index in [9.17, 15) is 14.4 Å². The van der Waals surface area contributed by atoms with Gasteiger partial charge in [0.05, 0.1) is 48.0 Å². The molecule has 3 saturated heterocycles. The number of methoxy groups -OCH3 is 1. The van der Waals surface area contributed by atoms with E-state index in [-0.39, 0.29) is 137 Å². The van der Waals surface area contributed by atoms with Crippen molar-refractivity contribution in [3.8, 4) is 22.5 Å². The molecule has 4 aliphatic heterocycles. The molecular formula is C47H75N7O6S8. The number of aryl methyl sites for hydroxylation is 1. The van der Waals surface area contributed by atoms with Gasteiger partial charge in [-0.15, -0.1) is 11.3 Å². The smallest absolute Gasteiger partial charge is 0.324 e. The van der Waals surface area contributed by atoms with Gasteiger partial charge >= 0.3 is 5.97 Å². The van der Waals surface area contributed by atoms with Gasteiger partial charge in [0.2, 0.25) is 5.91 Å². The molecule has 7 atom stereocenters. The van der Waals surface area contributed by atoms with Crippen molar-refractivity contribution >= 4 is 134 Å². The lowest BCUT2D eigenvalue weighted by Gasteiger charge is -2.42. The number of fused-ring (bicyclic) bond motifs is 7. The van der Waals surface area contributed by atoms with Crippen LogP contribution in [0.2, 0.25) is 0 Å². The van der Waals surface area contributed by atoms with E-state index in [1.165, 1.54) is 27.5 Å². The van der Waals surface area contributed by atoms with Crippen molar-refractivity contribution in [1.82, 2.24) is 35.2 Å². The van der Waals surface area contributed by atoms with Crippen molar-refractivity contribution in [3.05, 3.63) is 57.7 Å². The van der Waals surface area contributed by atoms with Crippen LogP contribution in [0.25, 0.3) is 33.4 Å². The highest BCUT2D eigenvalue weighted by atomic mass is 32.1. The molecule has 9 rings (SSSR count). The number of carbonyl (C=O) groups is 3. The number of benzene rings is 1. The molecule has 1 aromatic carbocycles. The molecule has 2 N–H and O–H groups in total. The summed E-state index contributed by atoms with van der Waals surface area (Å²) in [6, 6.07) is 7.87. The molecule has 0 unspecified atom stereocenters. The molecule has 1 aliphatic carbocycles. The number of nitrogens with one attached hydrogen (secondary N) is 2. The van der Waals surface area contributed by atoms with Crippen LogP contribution in [0.4, 0.5) is 0 Å². The summed E-state index contributed by atoms with van der Waals surface area (Å²) in [5.41, 5.74) is 11.1. The third-order valence-electron chi connectivity index (χ3n) is 13.8. The van der Waals surface area contributed by atoms with Gasteiger partial charge < -0.3 is 24.1 Å². The second kappa shape index (κ2) is 26.3. The number of cyclic esters (lactones) is 1. The number of carbonyl (C=O) groups excluding carboxylic acids is 3. The van der Waals surface area contributed by atoms with Crippen molar-refractivity contribution in [2.24, 2.45) is 17.3 Å². The average Bonchev–Trinajstić information content (AvgIpc) is 3.70. The first-order valence-corrected chi connectivity index (χ1v) is 23.3. The third kappa shape index (κ3) is 13.1.